The normalized spacial score (nSPS) is 17.7. The van der Waals surface area contributed by atoms with Crippen LogP contribution >= 0.6 is 11.5 Å². The van der Waals surface area contributed by atoms with E-state index < -0.39 is 0 Å². The molecule has 0 radical (unpaired) electrons. The Balaban J connectivity index is 1.94. The Morgan fingerprint density at radius 2 is 2.18 bits per heavy atom. The van der Waals surface area contributed by atoms with Gasteiger partial charge >= 0.3 is 0 Å². The molecule has 7 nitrogen and oxygen atoms in total. The van der Waals surface area contributed by atoms with Gasteiger partial charge in [0.15, 0.2) is 5.69 Å². The predicted molar refractivity (Wildman–Crippen MR) is 85.0 cm³/mol. The van der Waals surface area contributed by atoms with Gasteiger partial charge in [-0.05, 0) is 30.3 Å². The second kappa shape index (κ2) is 7.55. The molecule has 8 heteroatoms. The molecule has 1 aromatic rings. The van der Waals surface area contributed by atoms with Gasteiger partial charge in [0.05, 0.1) is 11.8 Å². The number of carbonyl (C=O) groups excluding carboxylic acids is 2. The van der Waals surface area contributed by atoms with E-state index in [1.54, 1.807) is 0 Å². The molecule has 0 aromatic carbocycles. The standard InChI is InChI=1S/C14H22N4O3S/c1-8(2)6-16-13(19)11-10(15)12(22-18-11)14(20)17-7-9-4-3-5-21-9/h8-9H,3-7,15H2,1-2H3,(H,16,19)(H,17,20). The predicted octanol–water partition coefficient (Wildman–Crippen LogP) is 1.02. The highest BCUT2D eigenvalue weighted by Gasteiger charge is 2.23. The summed E-state index contributed by atoms with van der Waals surface area (Å²) in [7, 11) is 0. The van der Waals surface area contributed by atoms with Crippen LogP contribution in [0.5, 0.6) is 0 Å². The van der Waals surface area contributed by atoms with Crippen LogP contribution in [-0.4, -0.2) is 42.0 Å². The Labute approximate surface area is 133 Å². The van der Waals surface area contributed by atoms with E-state index in [1.165, 1.54) is 0 Å². The minimum Gasteiger partial charge on any atom is -0.395 e. The van der Waals surface area contributed by atoms with Gasteiger partial charge in [0.25, 0.3) is 11.8 Å². The first-order valence-corrected chi connectivity index (χ1v) is 8.19. The van der Waals surface area contributed by atoms with Crippen molar-refractivity contribution in [1.82, 2.24) is 15.0 Å². The van der Waals surface area contributed by atoms with Crippen LogP contribution in [0.3, 0.4) is 0 Å². The highest BCUT2D eigenvalue weighted by atomic mass is 32.1. The summed E-state index contributed by atoms with van der Waals surface area (Å²) in [5.41, 5.74) is 6.14. The zero-order valence-electron chi connectivity index (χ0n) is 12.8. The second-order valence-electron chi connectivity index (χ2n) is 5.72. The Hall–Kier alpha value is -1.67. The third-order valence-electron chi connectivity index (χ3n) is 3.33. The smallest absolute Gasteiger partial charge is 0.273 e. The Morgan fingerprint density at radius 1 is 1.41 bits per heavy atom. The molecule has 2 rings (SSSR count). The Kier molecular flexibility index (Phi) is 5.73. The number of rotatable bonds is 6. The lowest BCUT2D eigenvalue weighted by Gasteiger charge is -2.10. The quantitative estimate of drug-likeness (QED) is 0.723. The summed E-state index contributed by atoms with van der Waals surface area (Å²) in [4.78, 5) is 24.4. The van der Waals surface area contributed by atoms with Crippen molar-refractivity contribution in [2.24, 2.45) is 5.92 Å². The molecule has 0 saturated carbocycles. The molecule has 2 amide bonds. The fraction of sp³-hybridized carbons (Fsp3) is 0.643. The average molecular weight is 326 g/mol. The Bertz CT molecular complexity index is 538. The zero-order chi connectivity index (χ0) is 16.1. The fourth-order valence-electron chi connectivity index (χ4n) is 2.10. The summed E-state index contributed by atoms with van der Waals surface area (Å²) in [6.45, 7) is 5.72. The molecular formula is C14H22N4O3S. The van der Waals surface area contributed by atoms with E-state index in [4.69, 9.17) is 10.5 Å². The third-order valence-corrected chi connectivity index (χ3v) is 4.20. The van der Waals surface area contributed by atoms with Gasteiger partial charge in [0.2, 0.25) is 0 Å². The number of aromatic nitrogens is 1. The van der Waals surface area contributed by atoms with Gasteiger partial charge in [-0.2, -0.15) is 4.37 Å². The van der Waals surface area contributed by atoms with E-state index in [1.807, 2.05) is 13.8 Å². The minimum atomic E-state index is -0.347. The number of nitrogens with one attached hydrogen (secondary N) is 2. The highest BCUT2D eigenvalue weighted by Crippen LogP contribution is 2.21. The van der Waals surface area contributed by atoms with Crippen molar-refractivity contribution in [3.05, 3.63) is 10.6 Å². The number of nitrogen functional groups attached to an aromatic ring is 1. The number of carbonyl (C=O) groups is 2. The minimum absolute atomic E-state index is 0.0620. The molecule has 1 atom stereocenters. The molecule has 1 aliphatic heterocycles. The van der Waals surface area contributed by atoms with Gasteiger partial charge in [-0.1, -0.05) is 13.8 Å². The molecular weight excluding hydrogens is 304 g/mol. The van der Waals surface area contributed by atoms with E-state index in [-0.39, 0.29) is 34.2 Å². The maximum Gasteiger partial charge on any atom is 0.273 e. The van der Waals surface area contributed by atoms with Crippen molar-refractivity contribution in [3.63, 3.8) is 0 Å². The largest absolute Gasteiger partial charge is 0.395 e. The molecule has 1 saturated heterocycles. The lowest BCUT2D eigenvalue weighted by molar-refractivity contribution is 0.0861. The molecule has 1 aromatic heterocycles. The Morgan fingerprint density at radius 3 is 2.82 bits per heavy atom. The van der Waals surface area contributed by atoms with Crippen molar-refractivity contribution in [1.29, 1.82) is 0 Å². The number of anilines is 1. The molecule has 0 aliphatic carbocycles. The monoisotopic (exact) mass is 326 g/mol. The molecule has 122 valence electrons. The lowest BCUT2D eigenvalue weighted by Crippen LogP contribution is -2.32. The van der Waals surface area contributed by atoms with Gasteiger partial charge in [-0.15, -0.1) is 0 Å². The number of hydrogen-bond donors (Lipinski definition) is 3. The number of hydrogen-bond acceptors (Lipinski definition) is 6. The lowest BCUT2D eigenvalue weighted by atomic mass is 10.2. The molecule has 2 heterocycles. The van der Waals surface area contributed by atoms with E-state index in [0.717, 1.165) is 31.0 Å². The first-order chi connectivity index (χ1) is 10.5. The number of nitrogens with two attached hydrogens (primary N) is 1. The van der Waals surface area contributed by atoms with Crippen molar-refractivity contribution < 1.29 is 14.3 Å². The van der Waals surface area contributed by atoms with Crippen molar-refractivity contribution >= 4 is 29.0 Å². The molecule has 4 N–H and O–H groups in total. The van der Waals surface area contributed by atoms with Crippen molar-refractivity contribution in [2.45, 2.75) is 32.8 Å². The summed E-state index contributed by atoms with van der Waals surface area (Å²) in [5.74, 6) is -0.327. The van der Waals surface area contributed by atoms with Crippen LogP contribution in [0.25, 0.3) is 0 Å². The molecule has 1 aliphatic rings. The summed E-state index contributed by atoms with van der Waals surface area (Å²) >= 11 is 0.941. The third kappa shape index (κ3) is 4.17. The van der Waals surface area contributed by atoms with Crippen molar-refractivity contribution in [2.75, 3.05) is 25.4 Å². The molecule has 0 bridgehead atoms. The van der Waals surface area contributed by atoms with E-state index in [0.29, 0.717) is 19.0 Å². The van der Waals surface area contributed by atoms with Gasteiger partial charge in [-0.25, -0.2) is 0 Å². The van der Waals surface area contributed by atoms with Crippen LogP contribution < -0.4 is 16.4 Å². The van der Waals surface area contributed by atoms with Crippen LogP contribution in [0.1, 0.15) is 46.8 Å². The zero-order valence-corrected chi connectivity index (χ0v) is 13.7. The van der Waals surface area contributed by atoms with Crippen LogP contribution in [0.2, 0.25) is 0 Å². The first kappa shape index (κ1) is 16.7. The van der Waals surface area contributed by atoms with Gasteiger partial charge in [-0.3, -0.25) is 9.59 Å². The molecule has 1 unspecified atom stereocenters. The topological polar surface area (TPSA) is 106 Å². The first-order valence-electron chi connectivity index (χ1n) is 7.42. The number of nitrogens with zero attached hydrogens (tertiary/aromatic N) is 1. The van der Waals surface area contributed by atoms with Crippen LogP contribution in [0.15, 0.2) is 0 Å². The summed E-state index contributed by atoms with van der Waals surface area (Å²) in [6.07, 6.45) is 2.02. The average Bonchev–Trinajstić information content (AvgIpc) is 3.11. The number of amides is 2. The summed E-state index contributed by atoms with van der Waals surface area (Å²) in [5, 5.41) is 5.52. The maximum atomic E-state index is 12.1. The van der Waals surface area contributed by atoms with E-state index >= 15 is 0 Å². The second-order valence-corrected chi connectivity index (χ2v) is 6.50. The van der Waals surface area contributed by atoms with Gasteiger partial charge in [0.1, 0.15) is 4.88 Å². The summed E-state index contributed by atoms with van der Waals surface area (Å²) in [6, 6.07) is 0. The number of ether oxygens (including phenoxy) is 1. The highest BCUT2D eigenvalue weighted by molar-refractivity contribution is 7.09. The van der Waals surface area contributed by atoms with Crippen molar-refractivity contribution in [3.8, 4) is 0 Å². The van der Waals surface area contributed by atoms with E-state index in [2.05, 4.69) is 15.0 Å². The van der Waals surface area contributed by atoms with Gasteiger partial charge < -0.3 is 21.1 Å². The van der Waals surface area contributed by atoms with Crippen LogP contribution in [0, 0.1) is 5.92 Å². The van der Waals surface area contributed by atoms with Crippen LogP contribution in [-0.2, 0) is 4.74 Å². The molecule has 1 fully saturated rings. The summed E-state index contributed by atoms with van der Waals surface area (Å²) < 4.78 is 9.45. The fourth-order valence-corrected chi connectivity index (χ4v) is 2.81. The molecule has 22 heavy (non-hydrogen) atoms. The molecule has 0 spiro atoms. The van der Waals surface area contributed by atoms with E-state index in [9.17, 15) is 9.59 Å². The van der Waals surface area contributed by atoms with Crippen LogP contribution in [0.4, 0.5) is 5.69 Å². The SMILES string of the molecule is CC(C)CNC(=O)c1nsc(C(=O)NCC2CCCO2)c1N. The maximum absolute atomic E-state index is 12.1. The van der Waals surface area contributed by atoms with Gasteiger partial charge in [0, 0.05) is 19.7 Å².